The van der Waals surface area contributed by atoms with Crippen LogP contribution >= 0.6 is 0 Å². The summed E-state index contributed by atoms with van der Waals surface area (Å²) in [6.07, 6.45) is 0. The van der Waals surface area contributed by atoms with Gasteiger partial charge in [0.1, 0.15) is 0 Å². The Bertz CT molecular complexity index is 933. The maximum Gasteiger partial charge on any atom is 0.0542 e. The van der Waals surface area contributed by atoms with E-state index in [1.54, 1.807) is 0 Å². The minimum Gasteiger partial charge on any atom is -0.399 e. The Morgan fingerprint density at radius 1 is 0.615 bits per heavy atom. The van der Waals surface area contributed by atoms with Crippen molar-refractivity contribution in [1.29, 1.82) is 0 Å². The van der Waals surface area contributed by atoms with E-state index in [0.717, 1.165) is 5.69 Å². The first-order valence-electron chi connectivity index (χ1n) is 9.51. The van der Waals surface area contributed by atoms with Crippen molar-refractivity contribution in [2.24, 2.45) is 0 Å². The molecule has 0 aliphatic rings. The number of aryl methyl sites for hydroxylation is 2. The average molecular weight is 347 g/mol. The topological polar surface area (TPSA) is 30.9 Å². The summed E-state index contributed by atoms with van der Waals surface area (Å²) < 4.78 is 2.31. The number of rotatable bonds is 1. The minimum absolute atomic E-state index is 0.803. The van der Waals surface area contributed by atoms with Gasteiger partial charge in [0, 0.05) is 22.1 Å². The molecule has 0 saturated heterocycles. The number of nitrogens with two attached hydrogens (primary N) is 1. The monoisotopic (exact) mass is 346 g/mol. The van der Waals surface area contributed by atoms with E-state index < -0.39 is 0 Å². The minimum atomic E-state index is 0.803. The number of nitrogen functional groups attached to an aromatic ring is 1. The zero-order valence-corrected chi connectivity index (χ0v) is 16.8. The van der Waals surface area contributed by atoms with E-state index in [1.807, 2.05) is 33.8 Å². The molecular weight excluding hydrogens is 316 g/mol. The molecule has 2 N–H and O–H groups in total. The van der Waals surface area contributed by atoms with Gasteiger partial charge in [-0.2, -0.15) is 0 Å². The number of fused-ring (bicyclic) bond motifs is 3. The normalized spacial score (nSPS) is 10.1. The first-order chi connectivity index (χ1) is 12.6. The maximum atomic E-state index is 6.01. The number of hydrogen-bond acceptors (Lipinski definition) is 1. The van der Waals surface area contributed by atoms with Crippen LogP contribution in [0, 0.1) is 13.8 Å². The predicted molar refractivity (Wildman–Crippen MR) is 117 cm³/mol. The number of anilines is 1. The molecule has 26 heavy (non-hydrogen) atoms. The fraction of sp³-hybridized carbons (Fsp3) is 0.250. The highest BCUT2D eigenvalue weighted by molar-refractivity contribution is 6.10. The fourth-order valence-corrected chi connectivity index (χ4v) is 3.13. The van der Waals surface area contributed by atoms with E-state index in [-0.39, 0.29) is 0 Å². The Morgan fingerprint density at radius 2 is 1.12 bits per heavy atom. The van der Waals surface area contributed by atoms with Crippen molar-refractivity contribution in [3.63, 3.8) is 0 Å². The molecule has 3 aromatic carbocycles. The second kappa shape index (κ2) is 8.57. The van der Waals surface area contributed by atoms with Crippen LogP contribution in [0.5, 0.6) is 0 Å². The first kappa shape index (κ1) is 19.6. The van der Waals surface area contributed by atoms with Gasteiger partial charge in [-0.25, -0.2) is 0 Å². The second-order valence-electron chi connectivity index (χ2n) is 5.97. The third-order valence-electron chi connectivity index (χ3n) is 4.24. The Labute approximate surface area is 157 Å². The molecule has 0 atom stereocenters. The smallest absolute Gasteiger partial charge is 0.0542 e. The summed E-state index contributed by atoms with van der Waals surface area (Å²) in [6.45, 7) is 12.2. The van der Waals surface area contributed by atoms with Gasteiger partial charge in [0.15, 0.2) is 0 Å². The second-order valence-corrected chi connectivity index (χ2v) is 5.97. The third-order valence-corrected chi connectivity index (χ3v) is 4.24. The summed E-state index contributed by atoms with van der Waals surface area (Å²) in [5.41, 5.74) is 12.9. The summed E-state index contributed by atoms with van der Waals surface area (Å²) in [5.74, 6) is 0. The third kappa shape index (κ3) is 3.60. The van der Waals surface area contributed by atoms with Gasteiger partial charge in [-0.15, -0.1) is 0 Å². The molecule has 0 saturated carbocycles. The summed E-state index contributed by atoms with van der Waals surface area (Å²) in [4.78, 5) is 0. The zero-order chi connectivity index (χ0) is 19.3. The summed E-state index contributed by atoms with van der Waals surface area (Å²) >= 11 is 0. The Hall–Kier alpha value is -2.74. The van der Waals surface area contributed by atoms with Crippen LogP contribution in [0.15, 0.2) is 60.7 Å². The van der Waals surface area contributed by atoms with Gasteiger partial charge in [-0.05, 0) is 56.3 Å². The van der Waals surface area contributed by atoms with Crippen molar-refractivity contribution in [2.75, 3.05) is 5.73 Å². The molecule has 4 aromatic rings. The Kier molecular flexibility index (Phi) is 6.46. The van der Waals surface area contributed by atoms with Crippen LogP contribution in [0.1, 0.15) is 38.8 Å². The van der Waals surface area contributed by atoms with Crippen LogP contribution in [-0.4, -0.2) is 4.57 Å². The lowest BCUT2D eigenvalue weighted by Crippen LogP contribution is -1.94. The van der Waals surface area contributed by atoms with Crippen LogP contribution in [-0.2, 0) is 0 Å². The van der Waals surface area contributed by atoms with E-state index in [1.165, 1.54) is 38.6 Å². The molecule has 0 aliphatic heterocycles. The molecule has 0 fully saturated rings. The highest BCUT2D eigenvalue weighted by atomic mass is 15.0. The first-order valence-corrected chi connectivity index (χ1v) is 9.51. The molecule has 2 nitrogen and oxygen atoms in total. The summed E-state index contributed by atoms with van der Waals surface area (Å²) in [7, 11) is 0. The molecule has 0 amide bonds. The van der Waals surface area contributed by atoms with Gasteiger partial charge in [0.25, 0.3) is 0 Å². The number of hydrogen-bond donors (Lipinski definition) is 1. The quantitative estimate of drug-likeness (QED) is 0.368. The zero-order valence-electron chi connectivity index (χ0n) is 16.8. The van der Waals surface area contributed by atoms with E-state index >= 15 is 0 Å². The van der Waals surface area contributed by atoms with Gasteiger partial charge in [-0.3, -0.25) is 0 Å². The van der Waals surface area contributed by atoms with Crippen molar-refractivity contribution < 1.29 is 0 Å². The van der Waals surface area contributed by atoms with Gasteiger partial charge in [0.05, 0.1) is 11.0 Å². The molecule has 136 valence electrons. The molecule has 0 radical (unpaired) electrons. The maximum absolute atomic E-state index is 6.01. The number of aromatic nitrogens is 1. The van der Waals surface area contributed by atoms with Crippen molar-refractivity contribution in [3.05, 3.63) is 71.8 Å². The van der Waals surface area contributed by atoms with Crippen LogP contribution in [0.2, 0.25) is 0 Å². The molecule has 0 bridgehead atoms. The van der Waals surface area contributed by atoms with Crippen LogP contribution in [0.25, 0.3) is 27.5 Å². The van der Waals surface area contributed by atoms with E-state index in [0.29, 0.717) is 0 Å². The van der Waals surface area contributed by atoms with Crippen molar-refractivity contribution in [1.82, 2.24) is 4.57 Å². The molecule has 0 unspecified atom stereocenters. The largest absolute Gasteiger partial charge is 0.399 e. The van der Waals surface area contributed by atoms with Gasteiger partial charge >= 0.3 is 0 Å². The fourth-order valence-electron chi connectivity index (χ4n) is 3.13. The summed E-state index contributed by atoms with van der Waals surface area (Å²) in [6, 6.07) is 21.4. The van der Waals surface area contributed by atoms with Gasteiger partial charge < -0.3 is 10.3 Å². The van der Waals surface area contributed by atoms with Crippen LogP contribution in [0.4, 0.5) is 5.69 Å². The molecule has 0 aliphatic carbocycles. The lowest BCUT2D eigenvalue weighted by molar-refractivity contribution is 1.17. The molecule has 0 spiro atoms. The molecule has 1 heterocycles. The average Bonchev–Trinajstić information content (AvgIpc) is 2.99. The number of benzene rings is 3. The number of nitrogens with zero attached hydrogens (tertiary/aromatic N) is 1. The highest BCUT2D eigenvalue weighted by Gasteiger charge is 2.12. The van der Waals surface area contributed by atoms with Crippen LogP contribution in [0.3, 0.4) is 0 Å². The van der Waals surface area contributed by atoms with E-state index in [9.17, 15) is 0 Å². The highest BCUT2D eigenvalue weighted by Crippen LogP contribution is 2.33. The van der Waals surface area contributed by atoms with Crippen molar-refractivity contribution in [3.8, 4) is 5.69 Å². The van der Waals surface area contributed by atoms with Gasteiger partial charge in [0.2, 0.25) is 0 Å². The molecule has 2 heteroatoms. The van der Waals surface area contributed by atoms with Crippen molar-refractivity contribution >= 4 is 27.5 Å². The predicted octanol–water partition coefficient (Wildman–Crippen LogP) is 7.04. The molecule has 1 aromatic heterocycles. The Morgan fingerprint density at radius 3 is 1.73 bits per heavy atom. The summed E-state index contributed by atoms with van der Waals surface area (Å²) in [5, 5.41) is 2.46. The standard InChI is InChI=1S/C20H18N2.2C2H6/c1-13-3-7-16(8-4-13)22-19-9-5-14(2)11-17(19)18-12-15(21)6-10-20(18)22;2*1-2/h3-12H,21H2,1-2H3;2*1-2H3. The van der Waals surface area contributed by atoms with Gasteiger partial charge in [-0.1, -0.05) is 57.0 Å². The van der Waals surface area contributed by atoms with Crippen molar-refractivity contribution in [2.45, 2.75) is 41.5 Å². The van der Waals surface area contributed by atoms with E-state index in [4.69, 9.17) is 5.73 Å². The Balaban J connectivity index is 0.000000570. The van der Waals surface area contributed by atoms with Crippen LogP contribution < -0.4 is 5.73 Å². The molecular formula is C24H30N2. The lowest BCUT2D eigenvalue weighted by Gasteiger charge is -2.08. The molecule has 4 rings (SSSR count). The lowest BCUT2D eigenvalue weighted by atomic mass is 10.1. The van der Waals surface area contributed by atoms with E-state index in [2.05, 4.69) is 73.0 Å². The SMILES string of the molecule is CC.CC.Cc1ccc(-n2c3ccc(C)cc3c3cc(N)ccc32)cc1.